The maximum absolute atomic E-state index is 12.3. The van der Waals surface area contributed by atoms with E-state index in [1.54, 1.807) is 0 Å². The number of carbonyl (C=O) groups is 3. The predicted octanol–water partition coefficient (Wildman–Crippen LogP) is 4.31. The lowest BCUT2D eigenvalue weighted by Crippen LogP contribution is -2.40. The van der Waals surface area contributed by atoms with E-state index in [4.69, 9.17) is 9.84 Å². The summed E-state index contributed by atoms with van der Waals surface area (Å²) in [4.78, 5) is 35.7. The number of hydrogen-bond acceptors (Lipinski definition) is 4. The topological polar surface area (TPSA) is 105 Å². The summed E-state index contributed by atoms with van der Waals surface area (Å²) in [6.07, 6.45) is 2.38. The summed E-state index contributed by atoms with van der Waals surface area (Å²) < 4.78 is 5.55. The van der Waals surface area contributed by atoms with Crippen LogP contribution in [-0.2, 0) is 14.3 Å². The third-order valence-corrected chi connectivity index (χ3v) is 6.91. The summed E-state index contributed by atoms with van der Waals surface area (Å²) in [6, 6.07) is 16.4. The number of carbonyl (C=O) groups excluding carboxylic acids is 2. The summed E-state index contributed by atoms with van der Waals surface area (Å²) in [6.45, 7) is 2.51. The minimum Gasteiger partial charge on any atom is -0.481 e. The zero-order valence-electron chi connectivity index (χ0n) is 19.5. The first-order valence-corrected chi connectivity index (χ1v) is 12.0. The molecule has 0 bridgehead atoms. The van der Waals surface area contributed by atoms with Crippen molar-refractivity contribution < 1.29 is 24.2 Å². The molecule has 7 heteroatoms. The van der Waals surface area contributed by atoms with Crippen molar-refractivity contribution in [2.24, 2.45) is 11.8 Å². The van der Waals surface area contributed by atoms with Crippen molar-refractivity contribution in [2.75, 3.05) is 13.2 Å². The summed E-state index contributed by atoms with van der Waals surface area (Å²) in [5.74, 6) is -1.15. The van der Waals surface area contributed by atoms with Gasteiger partial charge in [-0.05, 0) is 53.9 Å². The first kappa shape index (κ1) is 23.8. The van der Waals surface area contributed by atoms with Crippen LogP contribution in [0.4, 0.5) is 4.79 Å². The first-order valence-electron chi connectivity index (χ1n) is 12.0. The fraction of sp³-hybridized carbons (Fsp3) is 0.444. The number of rotatable bonds is 8. The van der Waals surface area contributed by atoms with E-state index in [0.29, 0.717) is 38.6 Å². The Morgan fingerprint density at radius 3 is 2.15 bits per heavy atom. The van der Waals surface area contributed by atoms with E-state index in [2.05, 4.69) is 34.9 Å². The third-order valence-electron chi connectivity index (χ3n) is 6.91. The normalized spacial score (nSPS) is 20.0. The highest BCUT2D eigenvalue weighted by Gasteiger charge is 2.29. The molecule has 3 N–H and O–H groups in total. The first-order chi connectivity index (χ1) is 16.4. The molecule has 4 rings (SSSR count). The second-order valence-corrected chi connectivity index (χ2v) is 9.47. The van der Waals surface area contributed by atoms with Crippen LogP contribution in [0.25, 0.3) is 11.1 Å². The minimum absolute atomic E-state index is 0.0116. The zero-order valence-corrected chi connectivity index (χ0v) is 19.5. The maximum atomic E-state index is 12.3. The van der Waals surface area contributed by atoms with E-state index >= 15 is 0 Å². The molecule has 180 valence electrons. The third kappa shape index (κ3) is 5.58. The molecule has 34 heavy (non-hydrogen) atoms. The zero-order chi connectivity index (χ0) is 24.1. The van der Waals surface area contributed by atoms with Gasteiger partial charge >= 0.3 is 12.1 Å². The van der Waals surface area contributed by atoms with Crippen molar-refractivity contribution in [3.8, 4) is 11.1 Å². The number of carboxylic acid groups (broad SMARTS) is 1. The molecule has 2 aromatic rings. The highest BCUT2D eigenvalue weighted by atomic mass is 16.5. The molecule has 0 saturated heterocycles. The fourth-order valence-corrected chi connectivity index (χ4v) is 5.07. The SMILES string of the molecule is CC(CNC(=O)OCC1c2ccccc2-c2ccccc21)CC(=O)NC1CCC(C(=O)O)CC1. The number of aliphatic carboxylic acids is 1. The van der Waals surface area contributed by atoms with Gasteiger partial charge < -0.3 is 20.5 Å². The Balaban J connectivity index is 1.19. The Kier molecular flexibility index (Phi) is 7.50. The number of amides is 2. The molecular formula is C27H32N2O5. The van der Waals surface area contributed by atoms with Crippen molar-refractivity contribution in [2.45, 2.75) is 51.0 Å². The molecule has 1 saturated carbocycles. The molecule has 2 amide bonds. The minimum atomic E-state index is -0.752. The van der Waals surface area contributed by atoms with E-state index in [9.17, 15) is 14.4 Å². The number of carboxylic acids is 1. The van der Waals surface area contributed by atoms with Crippen LogP contribution in [0.15, 0.2) is 48.5 Å². The van der Waals surface area contributed by atoms with Gasteiger partial charge in [-0.3, -0.25) is 9.59 Å². The summed E-state index contributed by atoms with van der Waals surface area (Å²) in [5.41, 5.74) is 4.70. The average molecular weight is 465 g/mol. The highest BCUT2D eigenvalue weighted by molar-refractivity contribution is 5.79. The number of nitrogens with one attached hydrogen (secondary N) is 2. The number of benzene rings is 2. The van der Waals surface area contributed by atoms with Crippen LogP contribution in [0.5, 0.6) is 0 Å². The molecule has 2 aromatic carbocycles. The maximum Gasteiger partial charge on any atom is 0.407 e. The number of hydrogen-bond donors (Lipinski definition) is 3. The van der Waals surface area contributed by atoms with Crippen molar-refractivity contribution in [1.29, 1.82) is 0 Å². The average Bonchev–Trinajstić information content (AvgIpc) is 3.15. The smallest absolute Gasteiger partial charge is 0.407 e. The van der Waals surface area contributed by atoms with Gasteiger partial charge in [-0.1, -0.05) is 55.5 Å². The molecular weight excluding hydrogens is 432 g/mol. The van der Waals surface area contributed by atoms with E-state index < -0.39 is 12.1 Å². The molecule has 2 aliphatic carbocycles. The van der Waals surface area contributed by atoms with Crippen LogP contribution in [-0.4, -0.2) is 42.3 Å². The summed E-state index contributed by atoms with van der Waals surface area (Å²) in [7, 11) is 0. The molecule has 0 radical (unpaired) electrons. The lowest BCUT2D eigenvalue weighted by molar-refractivity contribution is -0.142. The van der Waals surface area contributed by atoms with Crippen LogP contribution >= 0.6 is 0 Å². The second kappa shape index (κ2) is 10.7. The van der Waals surface area contributed by atoms with Gasteiger partial charge in [0, 0.05) is 24.9 Å². The Morgan fingerprint density at radius 2 is 1.56 bits per heavy atom. The molecule has 1 atom stereocenters. The van der Waals surface area contributed by atoms with Gasteiger partial charge in [-0.15, -0.1) is 0 Å². The Labute approximate surface area is 199 Å². The van der Waals surface area contributed by atoms with Crippen molar-refractivity contribution >= 4 is 18.0 Å². The molecule has 1 unspecified atom stereocenters. The largest absolute Gasteiger partial charge is 0.481 e. The van der Waals surface area contributed by atoms with Gasteiger partial charge in [0.15, 0.2) is 0 Å². The van der Waals surface area contributed by atoms with Crippen molar-refractivity contribution in [3.63, 3.8) is 0 Å². The molecule has 0 heterocycles. The quantitative estimate of drug-likeness (QED) is 0.540. The van der Waals surface area contributed by atoms with Gasteiger partial charge in [-0.25, -0.2) is 4.79 Å². The Morgan fingerprint density at radius 1 is 0.971 bits per heavy atom. The summed E-state index contributed by atoms with van der Waals surface area (Å²) in [5, 5.41) is 14.9. The highest BCUT2D eigenvalue weighted by Crippen LogP contribution is 2.44. The van der Waals surface area contributed by atoms with Crippen LogP contribution in [0.1, 0.15) is 56.1 Å². The summed E-state index contributed by atoms with van der Waals surface area (Å²) >= 11 is 0. The monoisotopic (exact) mass is 464 g/mol. The van der Waals surface area contributed by atoms with Gasteiger partial charge in [0.2, 0.25) is 5.91 Å². The Hall–Kier alpha value is -3.35. The van der Waals surface area contributed by atoms with Gasteiger partial charge in [0.25, 0.3) is 0 Å². The predicted molar refractivity (Wildman–Crippen MR) is 128 cm³/mol. The molecule has 2 aliphatic rings. The molecule has 7 nitrogen and oxygen atoms in total. The van der Waals surface area contributed by atoms with Crippen molar-refractivity contribution in [1.82, 2.24) is 10.6 Å². The molecule has 0 aliphatic heterocycles. The van der Waals surface area contributed by atoms with Crippen LogP contribution in [0.3, 0.4) is 0 Å². The van der Waals surface area contributed by atoms with Gasteiger partial charge in [0.1, 0.15) is 6.61 Å². The van der Waals surface area contributed by atoms with Crippen LogP contribution in [0, 0.1) is 11.8 Å². The molecule has 0 aromatic heterocycles. The Bertz CT molecular complexity index is 999. The number of fused-ring (bicyclic) bond motifs is 3. The fourth-order valence-electron chi connectivity index (χ4n) is 5.07. The van der Waals surface area contributed by atoms with E-state index in [0.717, 1.165) is 0 Å². The van der Waals surface area contributed by atoms with Crippen LogP contribution in [0.2, 0.25) is 0 Å². The lowest BCUT2D eigenvalue weighted by Gasteiger charge is -2.27. The lowest BCUT2D eigenvalue weighted by atomic mass is 9.86. The van der Waals surface area contributed by atoms with Crippen LogP contribution < -0.4 is 10.6 Å². The number of ether oxygens (including phenoxy) is 1. The molecule has 1 fully saturated rings. The number of alkyl carbamates (subject to hydrolysis) is 1. The van der Waals surface area contributed by atoms with Gasteiger partial charge in [0.05, 0.1) is 5.92 Å². The van der Waals surface area contributed by atoms with E-state index in [1.807, 2.05) is 31.2 Å². The van der Waals surface area contributed by atoms with Crippen molar-refractivity contribution in [3.05, 3.63) is 59.7 Å². The molecule has 0 spiro atoms. The van der Waals surface area contributed by atoms with E-state index in [-0.39, 0.29) is 36.3 Å². The standard InChI is InChI=1S/C27H32N2O5/c1-17(14-25(30)29-19-12-10-18(11-13-19)26(31)32)15-28-27(33)34-16-24-22-8-4-2-6-20(22)21-7-3-5-9-23(21)24/h2-9,17-19,24H,10-16H2,1H3,(H,28,33)(H,29,30)(H,31,32). The van der Waals surface area contributed by atoms with E-state index in [1.165, 1.54) is 22.3 Å². The second-order valence-electron chi connectivity index (χ2n) is 9.47. The van der Waals surface area contributed by atoms with Gasteiger partial charge in [-0.2, -0.15) is 0 Å².